The molecule has 0 radical (unpaired) electrons. The first-order valence-corrected chi connectivity index (χ1v) is 10.3. The predicted octanol–water partition coefficient (Wildman–Crippen LogP) is 3.09. The third-order valence-electron chi connectivity index (χ3n) is 6.55. The fraction of sp³-hybridized carbons (Fsp3) is 0.409. The van der Waals surface area contributed by atoms with Crippen LogP contribution in [0, 0.1) is 11.7 Å². The number of alkyl halides is 2. The minimum Gasteiger partial charge on any atom is -0.379 e. The van der Waals surface area contributed by atoms with Crippen LogP contribution in [0.1, 0.15) is 36.9 Å². The lowest BCUT2D eigenvalue weighted by Gasteiger charge is -2.20. The Labute approximate surface area is 180 Å². The number of anilines is 1. The molecule has 1 aliphatic carbocycles. The van der Waals surface area contributed by atoms with Crippen molar-refractivity contribution < 1.29 is 17.9 Å². The topological polar surface area (TPSA) is 78.2 Å². The van der Waals surface area contributed by atoms with Crippen molar-refractivity contribution in [3.63, 3.8) is 0 Å². The molecule has 2 aromatic heterocycles. The van der Waals surface area contributed by atoms with E-state index in [1.165, 1.54) is 25.2 Å². The first-order valence-electron chi connectivity index (χ1n) is 10.3. The highest BCUT2D eigenvalue weighted by molar-refractivity contribution is 5.90. The molecule has 1 aliphatic heterocycles. The highest BCUT2D eigenvalue weighted by Crippen LogP contribution is 2.54. The van der Waals surface area contributed by atoms with Crippen LogP contribution in [0.2, 0.25) is 0 Å². The molecule has 0 bridgehead atoms. The highest BCUT2D eigenvalue weighted by Gasteiger charge is 2.60. The fourth-order valence-corrected chi connectivity index (χ4v) is 4.63. The van der Waals surface area contributed by atoms with Gasteiger partial charge in [-0.1, -0.05) is 18.2 Å². The van der Waals surface area contributed by atoms with E-state index in [0.29, 0.717) is 18.6 Å². The van der Waals surface area contributed by atoms with Crippen LogP contribution >= 0.6 is 0 Å². The van der Waals surface area contributed by atoms with E-state index in [2.05, 4.69) is 10.4 Å². The molecule has 168 valence electrons. The van der Waals surface area contributed by atoms with E-state index in [0.717, 1.165) is 17.2 Å². The molecule has 2 fully saturated rings. The second-order valence-corrected chi connectivity index (χ2v) is 8.52. The summed E-state index contributed by atoms with van der Waals surface area (Å²) in [5.74, 6) is -0.493. The van der Waals surface area contributed by atoms with Gasteiger partial charge in [0, 0.05) is 36.2 Å². The average molecular weight is 446 g/mol. The summed E-state index contributed by atoms with van der Waals surface area (Å²) in [6.45, 7) is 2.62. The zero-order chi connectivity index (χ0) is 22.8. The summed E-state index contributed by atoms with van der Waals surface area (Å²) >= 11 is 0. The molecule has 1 saturated heterocycles. The number of benzene rings is 1. The van der Waals surface area contributed by atoms with Crippen LogP contribution in [0.15, 0.2) is 40.1 Å². The van der Waals surface area contributed by atoms with Crippen molar-refractivity contribution >= 4 is 16.6 Å². The van der Waals surface area contributed by atoms with E-state index < -0.39 is 34.9 Å². The minimum absolute atomic E-state index is 0.0463. The van der Waals surface area contributed by atoms with Gasteiger partial charge in [-0.05, 0) is 13.3 Å². The molecule has 7 nitrogen and oxygen atoms in total. The maximum absolute atomic E-state index is 14.7. The van der Waals surface area contributed by atoms with E-state index in [1.54, 1.807) is 17.7 Å². The van der Waals surface area contributed by atoms with Crippen LogP contribution in [-0.4, -0.2) is 27.6 Å². The van der Waals surface area contributed by atoms with Crippen molar-refractivity contribution in [2.75, 3.05) is 18.5 Å². The number of hydrogen-bond donors (Lipinski definition) is 1. The smallest absolute Gasteiger partial charge is 0.274 e. The molecule has 3 heterocycles. The Morgan fingerprint density at radius 3 is 2.66 bits per heavy atom. The lowest BCUT2D eigenvalue weighted by molar-refractivity contribution is 0.146. The first kappa shape index (κ1) is 20.7. The summed E-state index contributed by atoms with van der Waals surface area (Å²) in [4.78, 5) is 25.5. The Kier molecular flexibility index (Phi) is 4.66. The number of nitrogens with zero attached hydrogens (tertiary/aromatic N) is 3. The summed E-state index contributed by atoms with van der Waals surface area (Å²) in [6, 6.07) is 4.39. The van der Waals surface area contributed by atoms with Gasteiger partial charge in [0.25, 0.3) is 17.5 Å². The second-order valence-electron chi connectivity index (χ2n) is 8.52. The van der Waals surface area contributed by atoms with Gasteiger partial charge < -0.3 is 14.6 Å². The van der Waals surface area contributed by atoms with E-state index in [9.17, 15) is 22.8 Å². The number of fused-ring (bicyclic) bond motifs is 2. The van der Waals surface area contributed by atoms with Crippen LogP contribution in [-0.2, 0) is 17.3 Å². The zero-order valence-electron chi connectivity index (χ0n) is 17.4. The standard InChI is InChI=1S/C22H21F3N4O3/c1-11(13-4-3-5-14(18(13)23)19(24)25)26-20-16-8-29(22-7-12(22)9-32-10-22)17(30)6-15(16)21(31)28(2)27-20/h3-6,8,11-12,19H,7,9-10H2,1-2H3,(H,26,27)/t11-,12-,22-/m1/s1. The summed E-state index contributed by atoms with van der Waals surface area (Å²) < 4.78 is 49.1. The fourth-order valence-electron chi connectivity index (χ4n) is 4.63. The Hall–Kier alpha value is -3.14. The molecule has 0 unspecified atom stereocenters. The SMILES string of the molecule is C[C@@H](Nc1nn(C)c(=O)c2cc(=O)n([C@]34COC[C@H]3C4)cc12)c1cccc(C(F)F)c1F. The van der Waals surface area contributed by atoms with Crippen LogP contribution in [0.5, 0.6) is 0 Å². The van der Waals surface area contributed by atoms with Crippen molar-refractivity contribution in [1.82, 2.24) is 14.3 Å². The molecule has 3 aromatic rings. The third-order valence-corrected chi connectivity index (χ3v) is 6.55. The quantitative estimate of drug-likeness (QED) is 0.652. The van der Waals surface area contributed by atoms with Gasteiger partial charge in [-0.25, -0.2) is 17.9 Å². The number of rotatable bonds is 5. The molecule has 0 amide bonds. The normalized spacial score (nSPS) is 22.9. The molecule has 1 N–H and O–H groups in total. The Morgan fingerprint density at radius 1 is 1.25 bits per heavy atom. The number of aromatic nitrogens is 3. The minimum atomic E-state index is -2.94. The van der Waals surface area contributed by atoms with Gasteiger partial charge in [0.05, 0.1) is 35.7 Å². The molecular weight excluding hydrogens is 425 g/mol. The van der Waals surface area contributed by atoms with Crippen LogP contribution in [0.3, 0.4) is 0 Å². The molecule has 2 aliphatic rings. The molecular formula is C22H21F3N4O3. The van der Waals surface area contributed by atoms with E-state index >= 15 is 0 Å². The lowest BCUT2D eigenvalue weighted by atomic mass is 10.0. The molecule has 32 heavy (non-hydrogen) atoms. The van der Waals surface area contributed by atoms with Crippen LogP contribution < -0.4 is 16.4 Å². The zero-order valence-corrected chi connectivity index (χ0v) is 17.4. The van der Waals surface area contributed by atoms with Gasteiger partial charge in [-0.15, -0.1) is 0 Å². The van der Waals surface area contributed by atoms with Gasteiger partial charge in [0.15, 0.2) is 5.82 Å². The molecule has 10 heteroatoms. The number of pyridine rings is 1. The van der Waals surface area contributed by atoms with Gasteiger partial charge in [-0.3, -0.25) is 9.59 Å². The number of ether oxygens (including phenoxy) is 1. The molecule has 3 atom stereocenters. The average Bonchev–Trinajstić information content (AvgIpc) is 3.31. The van der Waals surface area contributed by atoms with Crippen molar-refractivity contribution in [2.45, 2.75) is 31.4 Å². The Bertz CT molecular complexity index is 1350. The number of hydrogen-bond acceptors (Lipinski definition) is 5. The highest BCUT2D eigenvalue weighted by atomic mass is 19.3. The maximum atomic E-state index is 14.7. The molecule has 1 aromatic carbocycles. The second kappa shape index (κ2) is 7.19. The predicted molar refractivity (Wildman–Crippen MR) is 112 cm³/mol. The van der Waals surface area contributed by atoms with Crippen LogP contribution in [0.25, 0.3) is 10.8 Å². The first-order chi connectivity index (χ1) is 15.2. The lowest BCUT2D eigenvalue weighted by Crippen LogP contribution is -2.33. The van der Waals surface area contributed by atoms with Crippen LogP contribution in [0.4, 0.5) is 19.0 Å². The molecule has 1 saturated carbocycles. The van der Waals surface area contributed by atoms with Crippen molar-refractivity contribution in [3.05, 3.63) is 68.1 Å². The van der Waals surface area contributed by atoms with Gasteiger partial charge in [-0.2, -0.15) is 5.10 Å². The maximum Gasteiger partial charge on any atom is 0.274 e. The van der Waals surface area contributed by atoms with Gasteiger partial charge in [0.1, 0.15) is 5.82 Å². The van der Waals surface area contributed by atoms with Crippen molar-refractivity contribution in [3.8, 4) is 0 Å². The van der Waals surface area contributed by atoms with E-state index in [-0.39, 0.29) is 28.2 Å². The van der Waals surface area contributed by atoms with Gasteiger partial charge in [0.2, 0.25) is 0 Å². The molecule has 0 spiro atoms. The summed E-state index contributed by atoms with van der Waals surface area (Å²) in [5.41, 5.74) is -1.79. The monoisotopic (exact) mass is 446 g/mol. The van der Waals surface area contributed by atoms with E-state index in [1.807, 2.05) is 0 Å². The summed E-state index contributed by atoms with van der Waals surface area (Å²) in [6.07, 6.45) is -0.518. The summed E-state index contributed by atoms with van der Waals surface area (Å²) in [7, 11) is 1.45. The van der Waals surface area contributed by atoms with E-state index in [4.69, 9.17) is 4.74 Å². The number of nitrogens with one attached hydrogen (secondary N) is 1. The van der Waals surface area contributed by atoms with Crippen molar-refractivity contribution in [2.24, 2.45) is 13.0 Å². The van der Waals surface area contributed by atoms with Gasteiger partial charge >= 0.3 is 0 Å². The molecule has 5 rings (SSSR count). The largest absolute Gasteiger partial charge is 0.379 e. The van der Waals surface area contributed by atoms with Crippen molar-refractivity contribution in [1.29, 1.82) is 0 Å². The number of aryl methyl sites for hydroxylation is 1. The Morgan fingerprint density at radius 2 is 2.00 bits per heavy atom. The summed E-state index contributed by atoms with van der Waals surface area (Å²) in [5, 5.41) is 7.87. The number of halogens is 3. The Balaban J connectivity index is 1.61. The third kappa shape index (κ3) is 3.04.